The van der Waals surface area contributed by atoms with Crippen molar-refractivity contribution in [2.24, 2.45) is 0 Å². The number of halogens is 9. The van der Waals surface area contributed by atoms with E-state index >= 15 is 0 Å². The van der Waals surface area contributed by atoms with Crippen molar-refractivity contribution in [2.45, 2.75) is 31.3 Å². The van der Waals surface area contributed by atoms with Crippen molar-refractivity contribution in [3.8, 4) is 11.5 Å². The maximum Gasteiger partial charge on any atom is 0.573 e. The molecule has 148 valence electrons. The molecule has 0 radical (unpaired) electrons. The Morgan fingerprint density at radius 1 is 1.08 bits per heavy atom. The predicted molar refractivity (Wildman–Crippen MR) is 78.5 cm³/mol. The summed E-state index contributed by atoms with van der Waals surface area (Å²) in [4.78, 5) is 11.1. The van der Waals surface area contributed by atoms with E-state index in [-0.39, 0.29) is 3.57 Å². The van der Waals surface area contributed by atoms with Gasteiger partial charge in [-0.25, -0.2) is 4.79 Å². The average molecular weight is 508 g/mol. The fraction of sp³-hybridized carbons (Fsp3) is 0.462. The summed E-state index contributed by atoms with van der Waals surface area (Å²) in [6, 6.07) is 1.28. The van der Waals surface area contributed by atoms with Gasteiger partial charge in [0.25, 0.3) is 0 Å². The largest absolute Gasteiger partial charge is 0.573 e. The van der Waals surface area contributed by atoms with E-state index < -0.39 is 60.9 Å². The van der Waals surface area contributed by atoms with E-state index in [1.54, 1.807) is 0 Å². The first-order chi connectivity index (χ1) is 11.6. The van der Waals surface area contributed by atoms with Crippen molar-refractivity contribution in [1.82, 2.24) is 0 Å². The van der Waals surface area contributed by atoms with Crippen molar-refractivity contribution in [3.63, 3.8) is 0 Å². The summed E-state index contributed by atoms with van der Waals surface area (Å²) in [6.07, 6.45) is -13.2. The molecule has 26 heavy (non-hydrogen) atoms. The molecule has 0 bridgehead atoms. The molecular weight excluding hydrogens is 499 g/mol. The van der Waals surface area contributed by atoms with Gasteiger partial charge in [0.05, 0.1) is 10.2 Å². The van der Waals surface area contributed by atoms with E-state index in [2.05, 4.69) is 4.74 Å². The van der Waals surface area contributed by atoms with Gasteiger partial charge in [-0.05, 0) is 41.1 Å². The number of hydrogen-bond donors (Lipinski definition) is 1. The first kappa shape index (κ1) is 22.5. The molecule has 0 fully saturated rings. The highest BCUT2D eigenvalue weighted by Crippen LogP contribution is 2.39. The zero-order chi connectivity index (χ0) is 20.3. The van der Waals surface area contributed by atoms with Crippen LogP contribution in [-0.2, 0) is 0 Å². The second-order valence-corrected chi connectivity index (χ2v) is 5.95. The fourth-order valence-electron chi connectivity index (χ4n) is 1.68. The van der Waals surface area contributed by atoms with Crippen LogP contribution in [0.1, 0.15) is 23.2 Å². The van der Waals surface area contributed by atoms with Gasteiger partial charge < -0.3 is 14.6 Å². The Morgan fingerprint density at radius 2 is 1.65 bits per heavy atom. The third-order valence-electron chi connectivity index (χ3n) is 2.78. The van der Waals surface area contributed by atoms with E-state index in [9.17, 15) is 39.9 Å². The molecule has 0 aliphatic rings. The normalized spacial score (nSPS) is 12.8. The Hall–Kier alpha value is -1.54. The average Bonchev–Trinajstić information content (AvgIpc) is 2.41. The van der Waals surface area contributed by atoms with E-state index in [0.717, 1.165) is 6.07 Å². The van der Waals surface area contributed by atoms with Crippen LogP contribution in [0.5, 0.6) is 11.5 Å². The van der Waals surface area contributed by atoms with Crippen LogP contribution in [0.3, 0.4) is 0 Å². The van der Waals surface area contributed by atoms with Crippen LogP contribution in [0, 0.1) is 3.57 Å². The van der Waals surface area contributed by atoms with Crippen LogP contribution in [0.25, 0.3) is 0 Å². The predicted octanol–water partition coefficient (Wildman–Crippen LogP) is 5.24. The molecule has 0 aliphatic heterocycles. The summed E-state index contributed by atoms with van der Waals surface area (Å²) in [7, 11) is 0. The van der Waals surface area contributed by atoms with Crippen molar-refractivity contribution in [2.75, 3.05) is 6.61 Å². The number of carboxylic acid groups (broad SMARTS) is 1. The van der Waals surface area contributed by atoms with Crippen molar-refractivity contribution in [3.05, 3.63) is 21.3 Å². The lowest BCUT2D eigenvalue weighted by atomic mass is 10.1. The highest BCUT2D eigenvalue weighted by molar-refractivity contribution is 14.1. The summed E-state index contributed by atoms with van der Waals surface area (Å²) in [5.74, 6) is -7.96. The Kier molecular flexibility index (Phi) is 6.92. The first-order valence-corrected chi connectivity index (χ1v) is 7.62. The van der Waals surface area contributed by atoms with E-state index in [4.69, 9.17) is 9.84 Å². The maximum absolute atomic E-state index is 12.8. The number of alkyl halides is 8. The fourth-order valence-corrected chi connectivity index (χ4v) is 2.43. The van der Waals surface area contributed by atoms with E-state index in [0.29, 0.717) is 6.07 Å². The van der Waals surface area contributed by atoms with Gasteiger partial charge in [0, 0.05) is 6.42 Å². The minimum atomic E-state index is -5.73. The number of benzene rings is 1. The number of aromatic carboxylic acids is 1. The molecule has 1 aromatic rings. The molecule has 0 saturated carbocycles. The summed E-state index contributed by atoms with van der Waals surface area (Å²) in [5, 5.41) is 9.02. The summed E-state index contributed by atoms with van der Waals surface area (Å²) < 4.78 is 106. The molecule has 0 aliphatic carbocycles. The minimum absolute atomic E-state index is 0.163. The molecule has 0 aromatic heterocycles. The van der Waals surface area contributed by atoms with Crippen molar-refractivity contribution >= 4 is 28.6 Å². The van der Waals surface area contributed by atoms with Crippen LogP contribution in [0.2, 0.25) is 0 Å². The van der Waals surface area contributed by atoms with Gasteiger partial charge in [-0.1, -0.05) is 0 Å². The smallest absolute Gasteiger partial charge is 0.492 e. The topological polar surface area (TPSA) is 55.8 Å². The Bertz CT molecular complexity index is 657. The van der Waals surface area contributed by atoms with Crippen LogP contribution < -0.4 is 9.47 Å². The lowest BCUT2D eigenvalue weighted by Crippen LogP contribution is -2.36. The van der Waals surface area contributed by atoms with Crippen LogP contribution in [0.15, 0.2) is 12.1 Å². The van der Waals surface area contributed by atoms with Gasteiger partial charge >= 0.3 is 24.4 Å². The quantitative estimate of drug-likeness (QED) is 0.311. The third kappa shape index (κ3) is 6.32. The Balaban J connectivity index is 2.88. The zero-order valence-corrected chi connectivity index (χ0v) is 14.5. The van der Waals surface area contributed by atoms with E-state index in [1.807, 2.05) is 0 Å². The van der Waals surface area contributed by atoms with Gasteiger partial charge in [0.15, 0.2) is 0 Å². The molecule has 0 spiro atoms. The highest BCUT2D eigenvalue weighted by atomic mass is 127. The molecule has 0 amide bonds. The van der Waals surface area contributed by atoms with Crippen LogP contribution >= 0.6 is 22.6 Å². The molecule has 1 aromatic carbocycles. The lowest BCUT2D eigenvalue weighted by molar-refractivity contribution is -0.284. The molecule has 1 N–H and O–H groups in total. The van der Waals surface area contributed by atoms with Gasteiger partial charge in [-0.15, -0.1) is 13.2 Å². The molecule has 0 heterocycles. The zero-order valence-electron chi connectivity index (χ0n) is 12.3. The molecule has 0 atom stereocenters. The molecule has 13 heteroatoms. The first-order valence-electron chi connectivity index (χ1n) is 6.54. The van der Waals surface area contributed by atoms with Crippen molar-refractivity contribution in [1.29, 1.82) is 0 Å². The summed E-state index contributed by atoms with van der Waals surface area (Å²) >= 11 is 1.41. The van der Waals surface area contributed by atoms with Gasteiger partial charge in [-0.3, -0.25) is 0 Å². The molecule has 0 saturated heterocycles. The molecular formula is C13H9F8IO4. The second kappa shape index (κ2) is 8.00. The monoisotopic (exact) mass is 508 g/mol. The second-order valence-electron chi connectivity index (χ2n) is 4.79. The minimum Gasteiger partial charge on any atom is -0.492 e. The Labute approximate surface area is 154 Å². The number of carbonyl (C=O) groups is 1. The van der Waals surface area contributed by atoms with Crippen LogP contribution in [-0.4, -0.2) is 36.1 Å². The molecule has 1 rings (SSSR count). The van der Waals surface area contributed by atoms with Crippen LogP contribution in [0.4, 0.5) is 35.1 Å². The van der Waals surface area contributed by atoms with Gasteiger partial charge in [0.2, 0.25) is 0 Å². The van der Waals surface area contributed by atoms with Crippen molar-refractivity contribution < 1.29 is 54.5 Å². The highest BCUT2D eigenvalue weighted by Gasteiger charge is 2.56. The van der Waals surface area contributed by atoms with E-state index in [1.165, 1.54) is 22.6 Å². The lowest BCUT2D eigenvalue weighted by Gasteiger charge is -2.19. The number of carboxylic acids is 1. The van der Waals surface area contributed by atoms with Gasteiger partial charge in [-0.2, -0.15) is 22.0 Å². The number of hydrogen-bond acceptors (Lipinski definition) is 3. The summed E-state index contributed by atoms with van der Waals surface area (Å²) in [5.41, 5.74) is -0.765. The number of rotatable bonds is 7. The summed E-state index contributed by atoms with van der Waals surface area (Å²) in [6.45, 7) is -0.707. The SMILES string of the molecule is O=C(O)c1cc(OC(F)(F)F)cc(I)c1OCCCC(F)(F)C(F)(F)F. The number of ether oxygens (including phenoxy) is 2. The molecule has 0 unspecified atom stereocenters. The molecule has 4 nitrogen and oxygen atoms in total. The van der Waals surface area contributed by atoms with Gasteiger partial charge in [0.1, 0.15) is 17.1 Å². The standard InChI is InChI=1S/C13H9F8IO4/c14-11(15,12(16,17)18)2-1-3-25-9-7(10(23)24)4-6(5-8(9)22)26-13(19,20)21/h4-5H,1-3H2,(H,23,24). The third-order valence-corrected chi connectivity index (χ3v) is 3.58. The Morgan fingerprint density at radius 3 is 2.12 bits per heavy atom. The maximum atomic E-state index is 12.8.